The van der Waals surface area contributed by atoms with Gasteiger partial charge in [-0.3, -0.25) is 4.79 Å². The molecule has 0 atom stereocenters. The fourth-order valence-corrected chi connectivity index (χ4v) is 1.38. The van der Waals surface area contributed by atoms with Gasteiger partial charge in [0.25, 0.3) is 0 Å². The van der Waals surface area contributed by atoms with E-state index in [0.29, 0.717) is 5.69 Å². The van der Waals surface area contributed by atoms with Crippen molar-refractivity contribution in [1.82, 2.24) is 0 Å². The van der Waals surface area contributed by atoms with E-state index in [0.717, 1.165) is 0 Å². The molecule has 0 aromatic heterocycles. The number of hydrogen-bond acceptors (Lipinski definition) is 5. The first-order chi connectivity index (χ1) is 7.90. The van der Waals surface area contributed by atoms with Gasteiger partial charge in [0, 0.05) is 12.8 Å². The van der Waals surface area contributed by atoms with Crippen LogP contribution < -0.4 is 9.50 Å². The molecule has 1 aromatic rings. The Morgan fingerprint density at radius 2 is 1.94 bits per heavy atom. The Morgan fingerprint density at radius 1 is 1.35 bits per heavy atom. The van der Waals surface area contributed by atoms with E-state index in [-0.39, 0.29) is 18.3 Å². The van der Waals surface area contributed by atoms with Crippen LogP contribution in [0.15, 0.2) is 24.3 Å². The van der Waals surface area contributed by atoms with E-state index in [1.807, 2.05) is 0 Å². The molecule has 1 N–H and O–H groups in total. The van der Waals surface area contributed by atoms with Crippen LogP contribution in [0.2, 0.25) is 0 Å². The summed E-state index contributed by atoms with van der Waals surface area (Å²) in [5.74, 6) is -0.545. The van der Waals surface area contributed by atoms with Crippen LogP contribution >= 0.6 is 0 Å². The Hall–Kier alpha value is -1.67. The zero-order chi connectivity index (χ0) is 12.9. The van der Waals surface area contributed by atoms with Gasteiger partial charge in [-0.15, -0.1) is 0 Å². The van der Waals surface area contributed by atoms with Crippen LogP contribution in [0.5, 0.6) is 5.75 Å². The lowest BCUT2D eigenvalue weighted by molar-refractivity contribution is -0.119. The number of nitrogens with one attached hydrogen (secondary N) is 1. The molecule has 0 aliphatic carbocycles. The largest absolute Gasteiger partial charge is 0.488 e. The van der Waals surface area contributed by atoms with E-state index in [1.54, 1.807) is 0 Å². The van der Waals surface area contributed by atoms with Gasteiger partial charge < -0.3 is 14.2 Å². The molecule has 1 amide bonds. The van der Waals surface area contributed by atoms with Gasteiger partial charge in [0.2, 0.25) is 5.91 Å². The van der Waals surface area contributed by atoms with Crippen molar-refractivity contribution >= 4 is 22.1 Å². The van der Waals surface area contributed by atoms with E-state index >= 15 is 0 Å². The summed E-state index contributed by atoms with van der Waals surface area (Å²) in [6.45, 7) is -0.100. The van der Waals surface area contributed by atoms with Gasteiger partial charge in [0.1, 0.15) is 12.4 Å². The first-order valence-electron chi connectivity index (χ1n) is 4.43. The van der Waals surface area contributed by atoms with E-state index < -0.39 is 10.5 Å². The summed E-state index contributed by atoms with van der Waals surface area (Å²) in [7, 11) is -3.65. The molecule has 6 nitrogen and oxygen atoms in total. The predicted molar refractivity (Wildman–Crippen MR) is 57.6 cm³/mol. The Labute approximate surface area is 97.8 Å². The molecule has 0 heterocycles. The van der Waals surface area contributed by atoms with Crippen molar-refractivity contribution in [1.29, 1.82) is 0 Å². The second-order valence-electron chi connectivity index (χ2n) is 2.98. The topological polar surface area (TPSA) is 81.7 Å². The van der Waals surface area contributed by atoms with Gasteiger partial charge in [-0.2, -0.15) is 8.42 Å². The lowest BCUT2D eigenvalue weighted by Crippen LogP contribution is -2.16. The van der Waals surface area contributed by atoms with Crippen LogP contribution in [-0.2, 0) is 20.0 Å². The molecule has 0 saturated heterocycles. The number of hydrogen-bond donors (Lipinski definition) is 1. The van der Waals surface area contributed by atoms with Gasteiger partial charge in [0.15, 0.2) is 0 Å². The molecule has 0 spiro atoms. The fourth-order valence-electron chi connectivity index (χ4n) is 1.04. The van der Waals surface area contributed by atoms with Crippen molar-refractivity contribution in [2.75, 3.05) is 19.0 Å². The summed E-state index contributed by atoms with van der Waals surface area (Å²) in [4.78, 5) is 11.1. The minimum atomic E-state index is -5.03. The molecular formula is C9H10FNO5S. The smallest absolute Gasteiger partial charge is 0.375 e. The number of rotatable bonds is 5. The molecular weight excluding hydrogens is 253 g/mol. The summed E-state index contributed by atoms with van der Waals surface area (Å²) in [5, 5.41) is 2.47. The normalized spacial score (nSPS) is 10.9. The van der Waals surface area contributed by atoms with E-state index in [2.05, 4.69) is 14.2 Å². The molecule has 1 aromatic carbocycles. The lowest BCUT2D eigenvalue weighted by Gasteiger charge is -2.05. The number of amides is 1. The molecule has 8 heteroatoms. The van der Waals surface area contributed by atoms with Gasteiger partial charge in [-0.25, -0.2) is 0 Å². The van der Waals surface area contributed by atoms with Crippen LogP contribution in [0.4, 0.5) is 9.57 Å². The van der Waals surface area contributed by atoms with Crippen LogP contribution in [-0.4, -0.2) is 28.0 Å². The standard InChI is InChI=1S/C9H10FNO5S/c1-15-6-9(12)11-7-2-4-8(5-3-7)16-17(10,13)14/h2-5H,6H2,1H3,(H,11,12). The highest BCUT2D eigenvalue weighted by molar-refractivity contribution is 7.81. The molecule has 0 fully saturated rings. The summed E-state index contributed by atoms with van der Waals surface area (Å²) < 4.78 is 41.1. The van der Waals surface area contributed by atoms with Gasteiger partial charge in [-0.05, 0) is 24.3 Å². The number of carbonyl (C=O) groups excluding carboxylic acids is 1. The summed E-state index contributed by atoms with van der Waals surface area (Å²) >= 11 is 0. The van der Waals surface area contributed by atoms with E-state index in [4.69, 9.17) is 0 Å². The van der Waals surface area contributed by atoms with Crippen molar-refractivity contribution in [3.8, 4) is 5.75 Å². The van der Waals surface area contributed by atoms with Gasteiger partial charge >= 0.3 is 10.5 Å². The molecule has 94 valence electrons. The summed E-state index contributed by atoms with van der Waals surface area (Å²) in [6.07, 6.45) is 0. The SMILES string of the molecule is COCC(=O)Nc1ccc(OS(=O)(=O)F)cc1. The molecule has 0 bridgehead atoms. The monoisotopic (exact) mass is 263 g/mol. The van der Waals surface area contributed by atoms with Gasteiger partial charge in [-0.1, -0.05) is 3.89 Å². The number of anilines is 1. The van der Waals surface area contributed by atoms with Crippen LogP contribution in [0, 0.1) is 0 Å². The third kappa shape index (κ3) is 5.27. The second-order valence-corrected chi connectivity index (χ2v) is 3.93. The zero-order valence-electron chi connectivity index (χ0n) is 8.84. The van der Waals surface area contributed by atoms with E-state index in [1.165, 1.54) is 31.4 Å². The first-order valence-corrected chi connectivity index (χ1v) is 5.74. The maximum absolute atomic E-state index is 12.1. The van der Waals surface area contributed by atoms with Crippen molar-refractivity contribution < 1.29 is 26.0 Å². The molecule has 0 radical (unpaired) electrons. The summed E-state index contributed by atoms with van der Waals surface area (Å²) in [5.41, 5.74) is 0.413. The van der Waals surface area contributed by atoms with Gasteiger partial charge in [0.05, 0.1) is 0 Å². The predicted octanol–water partition coefficient (Wildman–Crippen LogP) is 0.865. The Balaban J connectivity index is 2.65. The number of methoxy groups -OCH3 is 1. The van der Waals surface area contributed by atoms with Crippen molar-refractivity contribution in [3.05, 3.63) is 24.3 Å². The Morgan fingerprint density at radius 3 is 2.41 bits per heavy atom. The molecule has 1 rings (SSSR count). The minimum Gasteiger partial charge on any atom is -0.375 e. The number of halogens is 1. The van der Waals surface area contributed by atoms with Crippen molar-refractivity contribution in [3.63, 3.8) is 0 Å². The molecule has 0 aliphatic rings. The number of carbonyl (C=O) groups is 1. The maximum Gasteiger partial charge on any atom is 0.488 e. The molecule has 17 heavy (non-hydrogen) atoms. The Kier molecular flexibility index (Phi) is 4.41. The average Bonchev–Trinajstić information content (AvgIpc) is 2.19. The van der Waals surface area contributed by atoms with Crippen LogP contribution in [0.25, 0.3) is 0 Å². The zero-order valence-corrected chi connectivity index (χ0v) is 9.66. The highest BCUT2D eigenvalue weighted by atomic mass is 32.3. The Bertz CT molecular complexity index is 485. The fraction of sp³-hybridized carbons (Fsp3) is 0.222. The molecule has 0 unspecified atom stereocenters. The maximum atomic E-state index is 12.1. The highest BCUT2D eigenvalue weighted by Crippen LogP contribution is 2.17. The van der Waals surface area contributed by atoms with Crippen molar-refractivity contribution in [2.24, 2.45) is 0 Å². The minimum absolute atomic E-state index is 0.100. The lowest BCUT2D eigenvalue weighted by atomic mass is 10.3. The molecule has 0 saturated carbocycles. The average molecular weight is 263 g/mol. The first kappa shape index (κ1) is 13.4. The van der Waals surface area contributed by atoms with E-state index in [9.17, 15) is 17.1 Å². The summed E-state index contributed by atoms with van der Waals surface area (Å²) in [6, 6.07) is 5.15. The third-order valence-electron chi connectivity index (χ3n) is 1.61. The molecule has 0 aliphatic heterocycles. The second kappa shape index (κ2) is 5.60. The van der Waals surface area contributed by atoms with Crippen molar-refractivity contribution in [2.45, 2.75) is 0 Å². The number of ether oxygens (including phenoxy) is 1. The highest BCUT2D eigenvalue weighted by Gasteiger charge is 2.09. The van der Waals surface area contributed by atoms with Crippen LogP contribution in [0.3, 0.4) is 0 Å². The quantitative estimate of drug-likeness (QED) is 0.797. The number of benzene rings is 1. The van der Waals surface area contributed by atoms with Crippen LogP contribution in [0.1, 0.15) is 0 Å². The third-order valence-corrected chi connectivity index (χ3v) is 2.00.